The van der Waals surface area contributed by atoms with Gasteiger partial charge in [0.25, 0.3) is 5.91 Å². The van der Waals surface area contributed by atoms with Crippen LogP contribution in [0.4, 0.5) is 0 Å². The van der Waals surface area contributed by atoms with Gasteiger partial charge in [-0.3, -0.25) is 9.89 Å². The summed E-state index contributed by atoms with van der Waals surface area (Å²) in [5, 5.41) is 9.35. The molecule has 0 saturated carbocycles. The summed E-state index contributed by atoms with van der Waals surface area (Å²) in [5.41, 5.74) is 1.47. The fourth-order valence-corrected chi connectivity index (χ4v) is 1.89. The van der Waals surface area contributed by atoms with Crippen LogP contribution < -0.4 is 5.32 Å². The van der Waals surface area contributed by atoms with Gasteiger partial charge in [0.15, 0.2) is 0 Å². The number of aromatic nitrogens is 3. The van der Waals surface area contributed by atoms with Crippen molar-refractivity contribution in [3.63, 3.8) is 0 Å². The van der Waals surface area contributed by atoms with Crippen molar-refractivity contribution >= 4 is 5.91 Å². The fourth-order valence-electron chi connectivity index (χ4n) is 1.89. The van der Waals surface area contributed by atoms with Gasteiger partial charge in [-0.25, -0.2) is 4.98 Å². The Hall–Kier alpha value is -2.11. The second-order valence-electron chi connectivity index (χ2n) is 4.28. The molecule has 0 aliphatic carbocycles. The SMILES string of the molecule is Cc1oc(C)c(C(=O)NC(C)c2ncn[nH]2)c1C. The van der Waals surface area contributed by atoms with E-state index in [9.17, 15) is 4.79 Å². The Morgan fingerprint density at radius 3 is 2.61 bits per heavy atom. The van der Waals surface area contributed by atoms with Gasteiger partial charge in [-0.15, -0.1) is 0 Å². The molecule has 1 atom stereocenters. The van der Waals surface area contributed by atoms with Crippen molar-refractivity contribution in [2.24, 2.45) is 0 Å². The molecular formula is C12H16N4O2. The number of amides is 1. The summed E-state index contributed by atoms with van der Waals surface area (Å²) < 4.78 is 5.44. The topological polar surface area (TPSA) is 83.8 Å². The second kappa shape index (κ2) is 4.64. The highest BCUT2D eigenvalue weighted by molar-refractivity contribution is 5.97. The van der Waals surface area contributed by atoms with Gasteiger partial charge in [0, 0.05) is 5.56 Å². The molecule has 0 radical (unpaired) electrons. The maximum absolute atomic E-state index is 12.2. The number of aromatic amines is 1. The van der Waals surface area contributed by atoms with Crippen molar-refractivity contribution in [3.05, 3.63) is 34.8 Å². The molecule has 2 heterocycles. The van der Waals surface area contributed by atoms with Crippen LogP contribution in [0, 0.1) is 20.8 Å². The van der Waals surface area contributed by atoms with Crippen LogP contribution in [0.1, 0.15) is 46.2 Å². The number of carbonyl (C=O) groups is 1. The zero-order valence-electron chi connectivity index (χ0n) is 10.9. The van der Waals surface area contributed by atoms with E-state index < -0.39 is 0 Å². The molecule has 0 aromatic carbocycles. The molecule has 2 N–H and O–H groups in total. The second-order valence-corrected chi connectivity index (χ2v) is 4.28. The Bertz CT molecular complexity index is 557. The van der Waals surface area contributed by atoms with E-state index in [1.807, 2.05) is 20.8 Å². The van der Waals surface area contributed by atoms with Gasteiger partial charge in [-0.05, 0) is 27.7 Å². The summed E-state index contributed by atoms with van der Waals surface area (Å²) in [6.07, 6.45) is 1.41. The number of rotatable bonds is 3. The minimum atomic E-state index is -0.228. The summed E-state index contributed by atoms with van der Waals surface area (Å²) in [7, 11) is 0. The third kappa shape index (κ3) is 2.13. The lowest BCUT2D eigenvalue weighted by Crippen LogP contribution is -2.28. The molecule has 6 heteroatoms. The van der Waals surface area contributed by atoms with E-state index in [0.29, 0.717) is 17.1 Å². The molecule has 0 bridgehead atoms. The Morgan fingerprint density at radius 2 is 2.11 bits per heavy atom. The molecule has 1 amide bonds. The minimum Gasteiger partial charge on any atom is -0.466 e. The van der Waals surface area contributed by atoms with E-state index in [2.05, 4.69) is 20.5 Å². The molecule has 0 spiro atoms. The van der Waals surface area contributed by atoms with Crippen molar-refractivity contribution < 1.29 is 9.21 Å². The van der Waals surface area contributed by atoms with E-state index in [1.165, 1.54) is 6.33 Å². The first-order valence-electron chi connectivity index (χ1n) is 5.73. The summed E-state index contributed by atoms with van der Waals surface area (Å²) in [5.74, 6) is 1.86. The van der Waals surface area contributed by atoms with Crippen LogP contribution in [-0.2, 0) is 0 Å². The van der Waals surface area contributed by atoms with Gasteiger partial charge in [0.05, 0.1) is 11.6 Å². The fraction of sp³-hybridized carbons (Fsp3) is 0.417. The summed E-state index contributed by atoms with van der Waals surface area (Å²) in [6.45, 7) is 7.35. The van der Waals surface area contributed by atoms with Gasteiger partial charge < -0.3 is 9.73 Å². The van der Waals surface area contributed by atoms with E-state index in [4.69, 9.17) is 4.42 Å². The highest BCUT2D eigenvalue weighted by atomic mass is 16.3. The maximum Gasteiger partial charge on any atom is 0.255 e. The molecule has 2 rings (SSSR count). The molecule has 0 aliphatic heterocycles. The smallest absolute Gasteiger partial charge is 0.255 e. The number of furan rings is 1. The molecular weight excluding hydrogens is 232 g/mol. The van der Waals surface area contributed by atoms with E-state index in [1.54, 1.807) is 6.92 Å². The molecule has 0 fully saturated rings. The highest BCUT2D eigenvalue weighted by Crippen LogP contribution is 2.21. The standard InChI is InChI=1S/C12H16N4O2/c1-6-8(3)18-9(4)10(6)12(17)15-7(2)11-13-5-14-16-11/h5,7H,1-4H3,(H,15,17)(H,13,14,16). The Kier molecular flexibility index (Phi) is 3.18. The summed E-state index contributed by atoms with van der Waals surface area (Å²) in [6, 6.07) is -0.228. The molecule has 2 aromatic rings. The largest absolute Gasteiger partial charge is 0.466 e. The van der Waals surface area contributed by atoms with E-state index in [-0.39, 0.29) is 11.9 Å². The molecule has 0 aliphatic rings. The number of hydrogen-bond donors (Lipinski definition) is 2. The number of H-pyrrole nitrogens is 1. The number of nitrogens with zero attached hydrogens (tertiary/aromatic N) is 2. The normalized spacial score (nSPS) is 12.4. The predicted octanol–water partition coefficient (Wildman–Crippen LogP) is 1.81. The number of nitrogens with one attached hydrogen (secondary N) is 2. The van der Waals surface area contributed by atoms with Crippen molar-refractivity contribution in [2.45, 2.75) is 33.7 Å². The van der Waals surface area contributed by atoms with Crippen LogP contribution in [-0.4, -0.2) is 21.1 Å². The van der Waals surface area contributed by atoms with Crippen LogP contribution in [0.3, 0.4) is 0 Å². The molecule has 0 saturated heterocycles. The maximum atomic E-state index is 12.2. The van der Waals surface area contributed by atoms with E-state index in [0.717, 1.165) is 11.3 Å². The Balaban J connectivity index is 2.17. The van der Waals surface area contributed by atoms with Crippen molar-refractivity contribution in [3.8, 4) is 0 Å². The quantitative estimate of drug-likeness (QED) is 0.867. The number of aryl methyl sites for hydroxylation is 2. The lowest BCUT2D eigenvalue weighted by molar-refractivity contribution is 0.0936. The third-order valence-corrected chi connectivity index (χ3v) is 2.98. The van der Waals surface area contributed by atoms with Crippen LogP contribution in [0.25, 0.3) is 0 Å². The molecule has 96 valence electrons. The van der Waals surface area contributed by atoms with Crippen LogP contribution in [0.15, 0.2) is 10.7 Å². The monoisotopic (exact) mass is 248 g/mol. The minimum absolute atomic E-state index is 0.161. The molecule has 2 aromatic heterocycles. The predicted molar refractivity (Wildman–Crippen MR) is 65.2 cm³/mol. The number of hydrogen-bond acceptors (Lipinski definition) is 4. The lowest BCUT2D eigenvalue weighted by Gasteiger charge is -2.10. The molecule has 1 unspecified atom stereocenters. The first-order valence-corrected chi connectivity index (χ1v) is 5.73. The highest BCUT2D eigenvalue weighted by Gasteiger charge is 2.21. The van der Waals surface area contributed by atoms with Gasteiger partial charge in [0.2, 0.25) is 0 Å². The lowest BCUT2D eigenvalue weighted by atomic mass is 10.1. The van der Waals surface area contributed by atoms with Gasteiger partial charge in [-0.2, -0.15) is 5.10 Å². The Morgan fingerprint density at radius 1 is 1.39 bits per heavy atom. The van der Waals surface area contributed by atoms with Crippen molar-refractivity contribution in [1.29, 1.82) is 0 Å². The van der Waals surface area contributed by atoms with E-state index >= 15 is 0 Å². The van der Waals surface area contributed by atoms with Gasteiger partial charge in [-0.1, -0.05) is 0 Å². The van der Waals surface area contributed by atoms with Crippen molar-refractivity contribution in [1.82, 2.24) is 20.5 Å². The third-order valence-electron chi connectivity index (χ3n) is 2.98. The first-order chi connectivity index (χ1) is 8.50. The van der Waals surface area contributed by atoms with Crippen LogP contribution in [0.2, 0.25) is 0 Å². The van der Waals surface area contributed by atoms with Crippen molar-refractivity contribution in [2.75, 3.05) is 0 Å². The Labute approximate surface area is 105 Å². The zero-order valence-corrected chi connectivity index (χ0v) is 10.9. The van der Waals surface area contributed by atoms with Gasteiger partial charge >= 0.3 is 0 Å². The average molecular weight is 248 g/mol. The number of carbonyl (C=O) groups excluding carboxylic acids is 1. The average Bonchev–Trinajstić information content (AvgIpc) is 2.88. The first kappa shape index (κ1) is 12.3. The zero-order chi connectivity index (χ0) is 13.3. The van der Waals surface area contributed by atoms with Gasteiger partial charge in [0.1, 0.15) is 23.7 Å². The molecule has 18 heavy (non-hydrogen) atoms. The van der Waals surface area contributed by atoms with Crippen LogP contribution >= 0.6 is 0 Å². The van der Waals surface area contributed by atoms with Crippen LogP contribution in [0.5, 0.6) is 0 Å². The summed E-state index contributed by atoms with van der Waals surface area (Å²) in [4.78, 5) is 16.2. The summed E-state index contributed by atoms with van der Waals surface area (Å²) >= 11 is 0. The molecule has 6 nitrogen and oxygen atoms in total.